The average Bonchev–Trinajstić information content (AvgIpc) is 2.85. The number of nitrogens with one attached hydrogen (secondary N) is 1. The largest absolute Gasteiger partial charge is 0.359 e. The van der Waals surface area contributed by atoms with E-state index >= 15 is 0 Å². The maximum atomic E-state index is 7.84. The molecule has 0 amide bonds. The number of nitrogens with zero attached hydrogens (tertiary/aromatic N) is 1. The quantitative estimate of drug-likeness (QED) is 0.581. The van der Waals surface area contributed by atoms with Crippen LogP contribution in [0.3, 0.4) is 0 Å². The lowest BCUT2D eigenvalue weighted by atomic mass is 10.3. The third-order valence-corrected chi connectivity index (χ3v) is 3.11. The highest BCUT2D eigenvalue weighted by Crippen LogP contribution is 2.31. The van der Waals surface area contributed by atoms with Gasteiger partial charge in [0.15, 0.2) is 0 Å². The molecule has 1 N–H and O–H groups in total. The lowest BCUT2D eigenvalue weighted by molar-refractivity contribution is 0.482. The summed E-state index contributed by atoms with van der Waals surface area (Å²) < 4.78 is 0. The van der Waals surface area contributed by atoms with Crippen molar-refractivity contribution in [2.45, 2.75) is 19.4 Å². The molecule has 70 valence electrons. The lowest BCUT2D eigenvalue weighted by Gasteiger charge is -2.18. The van der Waals surface area contributed by atoms with Crippen LogP contribution in [0, 0.1) is 11.3 Å². The van der Waals surface area contributed by atoms with E-state index in [1.54, 1.807) is 11.3 Å². The van der Waals surface area contributed by atoms with Gasteiger partial charge < -0.3 is 4.90 Å². The van der Waals surface area contributed by atoms with Crippen LogP contribution in [0.25, 0.3) is 0 Å². The van der Waals surface area contributed by atoms with Gasteiger partial charge >= 0.3 is 0 Å². The highest BCUT2D eigenvalue weighted by atomic mass is 32.1. The van der Waals surface area contributed by atoms with Gasteiger partial charge in [0.2, 0.25) is 0 Å². The summed E-state index contributed by atoms with van der Waals surface area (Å²) in [7, 11) is 2.01. The smallest absolute Gasteiger partial charge is 0.0989 e. The Morgan fingerprint density at radius 2 is 2.46 bits per heavy atom. The SMILES string of the molecule is CN(Cc1ccsc1)C(=N)C1CC1. The summed E-state index contributed by atoms with van der Waals surface area (Å²) in [5, 5.41) is 12.1. The molecule has 1 aromatic heterocycles. The van der Waals surface area contributed by atoms with Gasteiger partial charge in [-0.05, 0) is 35.2 Å². The molecular weight excluding hydrogens is 180 g/mol. The Labute approximate surface area is 82.7 Å². The van der Waals surface area contributed by atoms with Crippen LogP contribution in [0.2, 0.25) is 0 Å². The molecule has 3 heteroatoms. The molecule has 0 atom stereocenters. The molecule has 0 spiro atoms. The highest BCUT2D eigenvalue weighted by molar-refractivity contribution is 7.07. The van der Waals surface area contributed by atoms with Crippen molar-refractivity contribution >= 4 is 17.2 Å². The number of rotatable bonds is 3. The topological polar surface area (TPSA) is 27.1 Å². The van der Waals surface area contributed by atoms with Gasteiger partial charge in [0.05, 0.1) is 5.84 Å². The summed E-state index contributed by atoms with van der Waals surface area (Å²) >= 11 is 1.72. The van der Waals surface area contributed by atoms with E-state index in [1.807, 2.05) is 7.05 Å². The van der Waals surface area contributed by atoms with Crippen molar-refractivity contribution < 1.29 is 0 Å². The molecule has 1 aromatic rings. The molecule has 1 aliphatic carbocycles. The van der Waals surface area contributed by atoms with Crippen LogP contribution in [-0.4, -0.2) is 17.8 Å². The summed E-state index contributed by atoms with van der Waals surface area (Å²) in [6, 6.07) is 2.13. The standard InChI is InChI=1S/C10H14N2S/c1-12(10(11)9-2-3-9)6-8-4-5-13-7-8/h4-5,7,9,11H,2-3,6H2,1H3. The van der Waals surface area contributed by atoms with E-state index in [1.165, 1.54) is 18.4 Å². The van der Waals surface area contributed by atoms with Crippen molar-refractivity contribution in [3.8, 4) is 0 Å². The van der Waals surface area contributed by atoms with E-state index in [4.69, 9.17) is 5.41 Å². The highest BCUT2D eigenvalue weighted by Gasteiger charge is 2.28. The van der Waals surface area contributed by atoms with E-state index in [9.17, 15) is 0 Å². The molecule has 1 fully saturated rings. The first-order valence-corrected chi connectivity index (χ1v) is 5.52. The molecule has 0 saturated heterocycles. The number of thiophene rings is 1. The predicted octanol–water partition coefficient (Wildman–Crippen LogP) is 2.57. The summed E-state index contributed by atoms with van der Waals surface area (Å²) in [6.45, 7) is 0.888. The first kappa shape index (κ1) is 8.75. The molecule has 0 bridgehead atoms. The van der Waals surface area contributed by atoms with Crippen molar-refractivity contribution in [1.82, 2.24) is 4.90 Å². The van der Waals surface area contributed by atoms with Crippen LogP contribution in [0.4, 0.5) is 0 Å². The third-order valence-electron chi connectivity index (χ3n) is 2.38. The number of hydrogen-bond acceptors (Lipinski definition) is 2. The minimum Gasteiger partial charge on any atom is -0.359 e. The van der Waals surface area contributed by atoms with E-state index in [0.29, 0.717) is 5.92 Å². The van der Waals surface area contributed by atoms with Crippen molar-refractivity contribution in [2.75, 3.05) is 7.05 Å². The zero-order valence-corrected chi connectivity index (χ0v) is 8.60. The summed E-state index contributed by atoms with van der Waals surface area (Å²) in [4.78, 5) is 2.06. The Morgan fingerprint density at radius 1 is 1.69 bits per heavy atom. The molecule has 1 aliphatic rings. The maximum Gasteiger partial charge on any atom is 0.0989 e. The first-order chi connectivity index (χ1) is 6.27. The average molecular weight is 194 g/mol. The molecule has 13 heavy (non-hydrogen) atoms. The monoisotopic (exact) mass is 194 g/mol. The van der Waals surface area contributed by atoms with Gasteiger partial charge in [-0.2, -0.15) is 11.3 Å². The Balaban J connectivity index is 1.90. The van der Waals surface area contributed by atoms with Crippen LogP contribution in [-0.2, 0) is 6.54 Å². The lowest BCUT2D eigenvalue weighted by Crippen LogP contribution is -2.26. The normalized spacial score (nSPS) is 15.8. The molecule has 0 unspecified atom stereocenters. The Morgan fingerprint density at radius 3 is 3.00 bits per heavy atom. The molecule has 2 nitrogen and oxygen atoms in total. The van der Waals surface area contributed by atoms with E-state index < -0.39 is 0 Å². The van der Waals surface area contributed by atoms with Gasteiger partial charge in [0.25, 0.3) is 0 Å². The van der Waals surface area contributed by atoms with Crippen molar-refractivity contribution in [3.05, 3.63) is 22.4 Å². The molecule has 1 heterocycles. The Bertz CT molecular complexity index is 288. The predicted molar refractivity (Wildman–Crippen MR) is 56.2 cm³/mol. The van der Waals surface area contributed by atoms with Gasteiger partial charge in [-0.25, -0.2) is 0 Å². The molecular formula is C10H14N2S. The summed E-state index contributed by atoms with van der Waals surface area (Å²) in [5.41, 5.74) is 1.32. The molecule has 0 aromatic carbocycles. The molecule has 0 aliphatic heterocycles. The summed E-state index contributed by atoms with van der Waals surface area (Å²) in [6.07, 6.45) is 2.43. The van der Waals surface area contributed by atoms with Crippen molar-refractivity contribution in [1.29, 1.82) is 5.41 Å². The fourth-order valence-corrected chi connectivity index (χ4v) is 2.07. The second-order valence-corrected chi connectivity index (χ2v) is 4.43. The van der Waals surface area contributed by atoms with E-state index in [-0.39, 0.29) is 0 Å². The van der Waals surface area contributed by atoms with Crippen molar-refractivity contribution in [2.24, 2.45) is 5.92 Å². The Hall–Kier alpha value is -0.830. The van der Waals surface area contributed by atoms with Crippen LogP contribution in [0.1, 0.15) is 18.4 Å². The van der Waals surface area contributed by atoms with Crippen molar-refractivity contribution in [3.63, 3.8) is 0 Å². The number of amidine groups is 1. The summed E-state index contributed by atoms with van der Waals surface area (Å²) in [5.74, 6) is 1.37. The van der Waals surface area contributed by atoms with Crippen LogP contribution < -0.4 is 0 Å². The maximum absolute atomic E-state index is 7.84. The van der Waals surface area contributed by atoms with Crippen LogP contribution in [0.5, 0.6) is 0 Å². The van der Waals surface area contributed by atoms with Gasteiger partial charge in [-0.1, -0.05) is 0 Å². The van der Waals surface area contributed by atoms with Crippen LogP contribution >= 0.6 is 11.3 Å². The Kier molecular flexibility index (Phi) is 2.36. The first-order valence-electron chi connectivity index (χ1n) is 4.58. The fraction of sp³-hybridized carbons (Fsp3) is 0.500. The molecule has 2 rings (SSSR count). The minimum absolute atomic E-state index is 0.559. The molecule has 1 saturated carbocycles. The third kappa shape index (κ3) is 2.10. The van der Waals surface area contributed by atoms with E-state index in [0.717, 1.165) is 12.4 Å². The van der Waals surface area contributed by atoms with Crippen LogP contribution in [0.15, 0.2) is 16.8 Å². The second-order valence-electron chi connectivity index (χ2n) is 3.65. The van der Waals surface area contributed by atoms with Gasteiger partial charge in [0, 0.05) is 19.5 Å². The zero-order chi connectivity index (χ0) is 9.26. The fourth-order valence-electron chi connectivity index (χ4n) is 1.41. The van der Waals surface area contributed by atoms with E-state index in [2.05, 4.69) is 21.7 Å². The number of hydrogen-bond donors (Lipinski definition) is 1. The minimum atomic E-state index is 0.559. The zero-order valence-electron chi connectivity index (χ0n) is 7.79. The van der Waals surface area contributed by atoms with Gasteiger partial charge in [-0.3, -0.25) is 5.41 Å². The molecule has 0 radical (unpaired) electrons. The van der Waals surface area contributed by atoms with Gasteiger partial charge in [-0.15, -0.1) is 0 Å². The van der Waals surface area contributed by atoms with Gasteiger partial charge in [0.1, 0.15) is 0 Å². The second kappa shape index (κ2) is 3.50.